The summed E-state index contributed by atoms with van der Waals surface area (Å²) in [4.78, 5) is 0. The van der Waals surface area contributed by atoms with E-state index in [1.54, 1.807) is 26.0 Å². The summed E-state index contributed by atoms with van der Waals surface area (Å²) in [6, 6.07) is 17.5. The predicted octanol–water partition coefficient (Wildman–Crippen LogP) is 2.84. The van der Waals surface area contributed by atoms with E-state index in [1.807, 2.05) is 30.3 Å². The van der Waals surface area contributed by atoms with Crippen molar-refractivity contribution in [1.82, 2.24) is 4.72 Å². The first-order chi connectivity index (χ1) is 11.8. The Morgan fingerprint density at radius 3 is 2.28 bits per heavy atom. The Kier molecular flexibility index (Phi) is 6.58. The van der Waals surface area contributed by atoms with Crippen LogP contribution in [0.1, 0.15) is 31.4 Å². The van der Waals surface area contributed by atoms with Gasteiger partial charge in [0.05, 0.1) is 5.75 Å². The lowest BCUT2D eigenvalue weighted by molar-refractivity contribution is 0.0628. The molecule has 2 rings (SSSR count). The maximum atomic E-state index is 11.8. The Hall–Kier alpha value is -1.89. The number of hydrogen-bond donors (Lipinski definition) is 3. The van der Waals surface area contributed by atoms with Crippen LogP contribution in [0.3, 0.4) is 0 Å². The highest BCUT2D eigenvalue weighted by atomic mass is 32.2. The molecule has 0 saturated carbocycles. The number of benzene rings is 2. The van der Waals surface area contributed by atoms with Crippen LogP contribution in [0.25, 0.3) is 0 Å². The first-order valence-corrected chi connectivity index (χ1v) is 10.1. The minimum Gasteiger partial charge on any atom is -0.384 e. The van der Waals surface area contributed by atoms with Gasteiger partial charge < -0.3 is 10.4 Å². The van der Waals surface area contributed by atoms with Crippen molar-refractivity contribution < 1.29 is 13.5 Å². The molecule has 5 nitrogen and oxygen atoms in total. The van der Waals surface area contributed by atoms with Gasteiger partial charge in [-0.3, -0.25) is 0 Å². The van der Waals surface area contributed by atoms with Crippen LogP contribution in [0.4, 0.5) is 5.69 Å². The molecule has 136 valence electrons. The molecule has 1 atom stereocenters. The zero-order chi connectivity index (χ0) is 18.3. The second kappa shape index (κ2) is 8.47. The van der Waals surface area contributed by atoms with E-state index in [9.17, 15) is 13.5 Å². The van der Waals surface area contributed by atoms with Gasteiger partial charge in [0, 0.05) is 18.8 Å². The first-order valence-electron chi connectivity index (χ1n) is 8.40. The molecule has 0 fully saturated rings. The van der Waals surface area contributed by atoms with Crippen LogP contribution >= 0.6 is 0 Å². The minimum absolute atomic E-state index is 0.0495. The van der Waals surface area contributed by atoms with Crippen LogP contribution in [0.2, 0.25) is 0 Å². The van der Waals surface area contributed by atoms with Crippen LogP contribution in [0.5, 0.6) is 0 Å². The lowest BCUT2D eigenvalue weighted by Gasteiger charge is -2.24. The van der Waals surface area contributed by atoms with Crippen molar-refractivity contribution in [2.45, 2.75) is 32.4 Å². The fraction of sp³-hybridized carbons (Fsp3) is 0.368. The summed E-state index contributed by atoms with van der Waals surface area (Å²) in [6.07, 6.45) is 0.541. The van der Waals surface area contributed by atoms with Gasteiger partial charge in [0.1, 0.15) is 5.60 Å². The number of hydrogen-bond acceptors (Lipinski definition) is 4. The molecule has 0 bridgehead atoms. The lowest BCUT2D eigenvalue weighted by Crippen LogP contribution is -2.39. The standard InChI is InChI=1S/C19H26N2O3S/c1-3-13-25(23,24)21-15-19(2,22)17-9-11-18(12-10-17)20-14-16-7-5-4-6-8-16/h4-12,20-22H,3,13-15H2,1-2H3. The molecule has 0 aliphatic rings. The second-order valence-electron chi connectivity index (χ2n) is 6.33. The fourth-order valence-corrected chi connectivity index (χ4v) is 3.62. The van der Waals surface area contributed by atoms with Crippen LogP contribution in [0, 0.1) is 0 Å². The van der Waals surface area contributed by atoms with Crippen molar-refractivity contribution in [3.8, 4) is 0 Å². The van der Waals surface area contributed by atoms with Crippen LogP contribution < -0.4 is 10.0 Å². The molecule has 0 saturated heterocycles. The Morgan fingerprint density at radius 2 is 1.68 bits per heavy atom. The molecule has 25 heavy (non-hydrogen) atoms. The number of nitrogens with one attached hydrogen (secondary N) is 2. The highest BCUT2D eigenvalue weighted by Crippen LogP contribution is 2.22. The van der Waals surface area contributed by atoms with E-state index < -0.39 is 15.6 Å². The van der Waals surface area contributed by atoms with Gasteiger partial charge in [-0.2, -0.15) is 0 Å². The molecule has 0 aromatic heterocycles. The van der Waals surface area contributed by atoms with Gasteiger partial charge in [0.2, 0.25) is 10.0 Å². The maximum Gasteiger partial charge on any atom is 0.211 e. The molecule has 0 amide bonds. The monoisotopic (exact) mass is 362 g/mol. The van der Waals surface area contributed by atoms with Gasteiger partial charge in [-0.15, -0.1) is 0 Å². The second-order valence-corrected chi connectivity index (χ2v) is 8.26. The van der Waals surface area contributed by atoms with Gasteiger partial charge in [-0.25, -0.2) is 13.1 Å². The molecular weight excluding hydrogens is 336 g/mol. The zero-order valence-corrected chi connectivity index (χ0v) is 15.5. The van der Waals surface area contributed by atoms with E-state index in [0.717, 1.165) is 5.69 Å². The number of aliphatic hydroxyl groups is 1. The van der Waals surface area contributed by atoms with Gasteiger partial charge in [-0.1, -0.05) is 49.4 Å². The van der Waals surface area contributed by atoms with E-state index in [1.165, 1.54) is 5.56 Å². The molecule has 0 radical (unpaired) electrons. The summed E-state index contributed by atoms with van der Waals surface area (Å²) in [7, 11) is -3.34. The van der Waals surface area contributed by atoms with E-state index in [4.69, 9.17) is 0 Å². The molecular formula is C19H26N2O3S. The fourth-order valence-electron chi connectivity index (χ4n) is 2.44. The van der Waals surface area contributed by atoms with E-state index in [0.29, 0.717) is 18.5 Å². The highest BCUT2D eigenvalue weighted by Gasteiger charge is 2.25. The van der Waals surface area contributed by atoms with Crippen molar-refractivity contribution in [2.24, 2.45) is 0 Å². The van der Waals surface area contributed by atoms with Crippen molar-refractivity contribution in [3.05, 3.63) is 65.7 Å². The molecule has 0 heterocycles. The summed E-state index contributed by atoms with van der Waals surface area (Å²) in [6.45, 7) is 4.08. The molecule has 2 aromatic carbocycles. The van der Waals surface area contributed by atoms with E-state index in [2.05, 4.69) is 22.2 Å². The summed E-state index contributed by atoms with van der Waals surface area (Å²) in [5.74, 6) is 0.0609. The minimum atomic E-state index is -3.34. The number of anilines is 1. The van der Waals surface area contributed by atoms with E-state index >= 15 is 0 Å². The average Bonchev–Trinajstić information content (AvgIpc) is 2.60. The van der Waals surface area contributed by atoms with Crippen molar-refractivity contribution in [2.75, 3.05) is 17.6 Å². The number of rotatable bonds is 9. The molecule has 0 aliphatic heterocycles. The van der Waals surface area contributed by atoms with Crippen LogP contribution in [0.15, 0.2) is 54.6 Å². The van der Waals surface area contributed by atoms with Gasteiger partial charge in [0.15, 0.2) is 0 Å². The third-order valence-corrected chi connectivity index (χ3v) is 5.49. The smallest absolute Gasteiger partial charge is 0.211 e. The van der Waals surface area contributed by atoms with E-state index in [-0.39, 0.29) is 12.3 Å². The van der Waals surface area contributed by atoms with Gasteiger partial charge in [0.25, 0.3) is 0 Å². The molecule has 0 spiro atoms. The summed E-state index contributed by atoms with van der Waals surface area (Å²) in [5, 5.41) is 13.9. The summed E-state index contributed by atoms with van der Waals surface area (Å²) >= 11 is 0. The molecule has 0 aliphatic carbocycles. The summed E-state index contributed by atoms with van der Waals surface area (Å²) < 4.78 is 26.0. The van der Waals surface area contributed by atoms with Crippen molar-refractivity contribution in [3.63, 3.8) is 0 Å². The Morgan fingerprint density at radius 1 is 1.04 bits per heavy atom. The van der Waals surface area contributed by atoms with Crippen LogP contribution in [-0.2, 0) is 22.2 Å². The molecule has 3 N–H and O–H groups in total. The largest absolute Gasteiger partial charge is 0.384 e. The zero-order valence-electron chi connectivity index (χ0n) is 14.7. The maximum absolute atomic E-state index is 11.8. The third kappa shape index (κ3) is 6.16. The molecule has 1 unspecified atom stereocenters. The SMILES string of the molecule is CCCS(=O)(=O)NCC(C)(O)c1ccc(NCc2ccccc2)cc1. The topological polar surface area (TPSA) is 78.4 Å². The van der Waals surface area contributed by atoms with Crippen molar-refractivity contribution in [1.29, 1.82) is 0 Å². The highest BCUT2D eigenvalue weighted by molar-refractivity contribution is 7.89. The quantitative estimate of drug-likeness (QED) is 0.641. The Labute approximate surface area is 150 Å². The lowest BCUT2D eigenvalue weighted by atomic mass is 9.96. The first kappa shape index (κ1) is 19.4. The predicted molar refractivity (Wildman–Crippen MR) is 102 cm³/mol. The summed E-state index contributed by atoms with van der Waals surface area (Å²) in [5.41, 5.74) is 1.52. The Balaban J connectivity index is 1.95. The van der Waals surface area contributed by atoms with Gasteiger partial charge >= 0.3 is 0 Å². The Bertz CT molecular complexity index is 757. The molecule has 6 heteroatoms. The van der Waals surface area contributed by atoms with Gasteiger partial charge in [-0.05, 0) is 36.6 Å². The normalized spacial score (nSPS) is 14.0. The van der Waals surface area contributed by atoms with Crippen LogP contribution in [-0.4, -0.2) is 25.8 Å². The average molecular weight is 362 g/mol. The molecule has 2 aromatic rings. The van der Waals surface area contributed by atoms with Crippen molar-refractivity contribution >= 4 is 15.7 Å². The third-order valence-electron chi connectivity index (χ3n) is 3.96. The number of sulfonamides is 1.